The topological polar surface area (TPSA) is 109 Å². The summed E-state index contributed by atoms with van der Waals surface area (Å²) in [5.41, 5.74) is 0. The lowest BCUT2D eigenvalue weighted by Crippen LogP contribution is -2.47. The molecular weight excluding hydrogens is 238 g/mol. The van der Waals surface area contributed by atoms with Gasteiger partial charge in [-0.05, 0) is 5.92 Å². The Kier molecular flexibility index (Phi) is 4.64. The van der Waals surface area contributed by atoms with Crippen LogP contribution >= 0.6 is 0 Å². The highest BCUT2D eigenvalue weighted by Crippen LogP contribution is 2.08. The van der Waals surface area contributed by atoms with E-state index in [1.54, 1.807) is 14.0 Å². The summed E-state index contributed by atoms with van der Waals surface area (Å²) in [6, 6.07) is -1.54. The van der Waals surface area contributed by atoms with Crippen LogP contribution in [0.15, 0.2) is 6.33 Å². The molecule has 2 atom stereocenters. The van der Waals surface area contributed by atoms with E-state index in [1.165, 1.54) is 11.0 Å². The van der Waals surface area contributed by atoms with Crippen molar-refractivity contribution >= 4 is 17.9 Å². The molecule has 1 aromatic heterocycles. The molecule has 0 unspecified atom stereocenters. The van der Waals surface area contributed by atoms with Crippen molar-refractivity contribution in [3.63, 3.8) is 0 Å². The van der Waals surface area contributed by atoms with Gasteiger partial charge in [-0.2, -0.15) is 10.1 Å². The van der Waals surface area contributed by atoms with E-state index in [0.29, 0.717) is 6.42 Å². The van der Waals surface area contributed by atoms with Gasteiger partial charge >= 0.3 is 12.0 Å². The van der Waals surface area contributed by atoms with Crippen molar-refractivity contribution < 1.29 is 14.7 Å². The number of aromatic nitrogens is 3. The Balaban J connectivity index is 2.62. The number of aryl methyl sites for hydroxylation is 1. The van der Waals surface area contributed by atoms with Gasteiger partial charge in [0.1, 0.15) is 12.4 Å². The molecular formula is C10H17N5O3. The normalized spacial score (nSPS) is 13.7. The van der Waals surface area contributed by atoms with E-state index >= 15 is 0 Å². The van der Waals surface area contributed by atoms with Crippen LogP contribution in [0.2, 0.25) is 0 Å². The molecule has 8 nitrogen and oxygen atoms in total. The van der Waals surface area contributed by atoms with Gasteiger partial charge in [-0.25, -0.2) is 14.3 Å². The first-order valence-corrected chi connectivity index (χ1v) is 5.60. The predicted octanol–water partition coefficient (Wildman–Crippen LogP) is 0.436. The number of anilines is 1. The summed E-state index contributed by atoms with van der Waals surface area (Å²) in [5, 5.41) is 17.6. The molecule has 100 valence electrons. The van der Waals surface area contributed by atoms with Crippen molar-refractivity contribution in [2.75, 3.05) is 5.32 Å². The number of carboxylic acid groups (broad SMARTS) is 1. The van der Waals surface area contributed by atoms with E-state index in [-0.39, 0.29) is 11.9 Å². The van der Waals surface area contributed by atoms with Gasteiger partial charge in [-0.15, -0.1) is 0 Å². The van der Waals surface area contributed by atoms with E-state index in [2.05, 4.69) is 20.7 Å². The van der Waals surface area contributed by atoms with Crippen LogP contribution in [-0.4, -0.2) is 37.9 Å². The first kappa shape index (κ1) is 13.9. The first-order valence-electron chi connectivity index (χ1n) is 5.60. The maximum absolute atomic E-state index is 11.6. The zero-order valence-corrected chi connectivity index (χ0v) is 10.5. The number of nitrogens with zero attached hydrogens (tertiary/aromatic N) is 3. The van der Waals surface area contributed by atoms with Crippen LogP contribution in [0.3, 0.4) is 0 Å². The number of aliphatic carboxylic acids is 1. The molecule has 1 aromatic rings. The second-order valence-electron chi connectivity index (χ2n) is 4.01. The standard InChI is InChI=1S/C10H17N5O3/c1-4-6(2)7(8(16)17)13-10(18)14-9-11-5-12-15(9)3/h5-7H,4H2,1-3H3,(H,16,17)(H2,11,12,13,14,18)/t6-,7-/m0/s1. The van der Waals surface area contributed by atoms with Crippen molar-refractivity contribution in [2.45, 2.75) is 26.3 Å². The molecule has 0 fully saturated rings. The van der Waals surface area contributed by atoms with Crippen LogP contribution in [0.25, 0.3) is 0 Å². The molecule has 0 saturated carbocycles. The molecule has 0 saturated heterocycles. The van der Waals surface area contributed by atoms with Crippen molar-refractivity contribution in [3.05, 3.63) is 6.33 Å². The number of carbonyl (C=O) groups excluding carboxylic acids is 1. The summed E-state index contributed by atoms with van der Waals surface area (Å²) in [5.74, 6) is -0.967. The van der Waals surface area contributed by atoms with Crippen molar-refractivity contribution in [2.24, 2.45) is 13.0 Å². The fourth-order valence-electron chi connectivity index (χ4n) is 1.37. The Morgan fingerprint density at radius 2 is 2.22 bits per heavy atom. The second kappa shape index (κ2) is 5.99. The molecule has 0 aliphatic heterocycles. The highest BCUT2D eigenvalue weighted by molar-refractivity contribution is 5.90. The SMILES string of the molecule is CC[C@H](C)[C@H](NC(=O)Nc1ncnn1C)C(=O)O. The Hall–Kier alpha value is -2.12. The summed E-state index contributed by atoms with van der Waals surface area (Å²) in [6.07, 6.45) is 1.94. The average Bonchev–Trinajstić information content (AvgIpc) is 2.70. The number of hydrogen-bond donors (Lipinski definition) is 3. The van der Waals surface area contributed by atoms with Crippen molar-refractivity contribution in [3.8, 4) is 0 Å². The molecule has 1 rings (SSSR count). The van der Waals surface area contributed by atoms with Crippen molar-refractivity contribution in [1.82, 2.24) is 20.1 Å². The molecule has 1 heterocycles. The molecule has 2 amide bonds. The average molecular weight is 255 g/mol. The third kappa shape index (κ3) is 3.44. The monoisotopic (exact) mass is 255 g/mol. The van der Waals surface area contributed by atoms with Gasteiger partial charge in [-0.1, -0.05) is 20.3 Å². The van der Waals surface area contributed by atoms with Gasteiger partial charge < -0.3 is 10.4 Å². The van der Waals surface area contributed by atoms with Gasteiger partial charge in [0.05, 0.1) is 0 Å². The van der Waals surface area contributed by atoms with Gasteiger partial charge in [-0.3, -0.25) is 5.32 Å². The third-order valence-corrected chi connectivity index (χ3v) is 2.70. The maximum Gasteiger partial charge on any atom is 0.326 e. The first-order chi connectivity index (χ1) is 8.45. The van der Waals surface area contributed by atoms with Crippen molar-refractivity contribution in [1.29, 1.82) is 0 Å². The summed E-state index contributed by atoms with van der Waals surface area (Å²) >= 11 is 0. The Morgan fingerprint density at radius 3 is 2.67 bits per heavy atom. The smallest absolute Gasteiger partial charge is 0.326 e. The highest BCUT2D eigenvalue weighted by Gasteiger charge is 2.25. The molecule has 0 aliphatic carbocycles. The van der Waals surface area contributed by atoms with E-state index in [9.17, 15) is 9.59 Å². The summed E-state index contributed by atoms with van der Waals surface area (Å²) < 4.78 is 1.37. The maximum atomic E-state index is 11.6. The molecule has 0 spiro atoms. The van der Waals surface area contributed by atoms with Crippen LogP contribution in [0.1, 0.15) is 20.3 Å². The lowest BCUT2D eigenvalue weighted by molar-refractivity contribution is -0.140. The summed E-state index contributed by atoms with van der Waals surface area (Å²) in [7, 11) is 1.62. The van der Waals surface area contributed by atoms with Crippen LogP contribution in [-0.2, 0) is 11.8 Å². The molecule has 8 heteroatoms. The van der Waals surface area contributed by atoms with Gasteiger partial charge in [0.25, 0.3) is 0 Å². The molecule has 3 N–H and O–H groups in total. The van der Waals surface area contributed by atoms with Gasteiger partial charge in [0.2, 0.25) is 5.95 Å². The largest absolute Gasteiger partial charge is 0.480 e. The fourth-order valence-corrected chi connectivity index (χ4v) is 1.37. The number of amides is 2. The number of nitrogens with one attached hydrogen (secondary N) is 2. The van der Waals surface area contributed by atoms with Crippen LogP contribution < -0.4 is 10.6 Å². The lowest BCUT2D eigenvalue weighted by atomic mass is 10.00. The molecule has 0 aliphatic rings. The van der Waals surface area contributed by atoms with Crippen LogP contribution in [0.5, 0.6) is 0 Å². The third-order valence-electron chi connectivity index (χ3n) is 2.70. The Labute approximate surface area is 104 Å². The zero-order valence-electron chi connectivity index (χ0n) is 10.5. The molecule has 0 aromatic carbocycles. The second-order valence-corrected chi connectivity index (χ2v) is 4.01. The fraction of sp³-hybridized carbons (Fsp3) is 0.600. The number of carboxylic acids is 1. The predicted molar refractivity (Wildman–Crippen MR) is 64.0 cm³/mol. The molecule has 18 heavy (non-hydrogen) atoms. The Bertz CT molecular complexity index is 431. The number of carbonyl (C=O) groups is 2. The number of urea groups is 1. The van der Waals surface area contributed by atoms with Gasteiger partial charge in [0, 0.05) is 7.05 Å². The van der Waals surface area contributed by atoms with Gasteiger partial charge in [0.15, 0.2) is 0 Å². The van der Waals surface area contributed by atoms with E-state index in [1.807, 2.05) is 6.92 Å². The number of hydrogen-bond acceptors (Lipinski definition) is 4. The minimum Gasteiger partial charge on any atom is -0.480 e. The van der Waals surface area contributed by atoms with E-state index in [4.69, 9.17) is 5.11 Å². The Morgan fingerprint density at radius 1 is 1.56 bits per heavy atom. The van der Waals surface area contributed by atoms with Crippen LogP contribution in [0, 0.1) is 5.92 Å². The van der Waals surface area contributed by atoms with E-state index in [0.717, 1.165) is 0 Å². The summed E-state index contributed by atoms with van der Waals surface area (Å²) in [6.45, 7) is 3.63. The lowest BCUT2D eigenvalue weighted by Gasteiger charge is -2.20. The summed E-state index contributed by atoms with van der Waals surface area (Å²) in [4.78, 5) is 26.5. The van der Waals surface area contributed by atoms with Crippen LogP contribution in [0.4, 0.5) is 10.7 Å². The highest BCUT2D eigenvalue weighted by atomic mass is 16.4. The minimum absolute atomic E-state index is 0.159. The molecule has 0 bridgehead atoms. The van der Waals surface area contributed by atoms with E-state index < -0.39 is 18.0 Å². The molecule has 0 radical (unpaired) electrons. The zero-order chi connectivity index (χ0) is 13.7. The minimum atomic E-state index is -1.06. The number of rotatable bonds is 5. The quantitative estimate of drug-likeness (QED) is 0.707.